The van der Waals surface area contributed by atoms with Gasteiger partial charge in [-0.3, -0.25) is 0 Å². The molecule has 0 spiro atoms. The molecule has 0 atom stereocenters. The Balaban J connectivity index is 2.32. The van der Waals surface area contributed by atoms with Gasteiger partial charge in [0, 0.05) is 18.6 Å². The van der Waals surface area contributed by atoms with E-state index < -0.39 is 0 Å². The van der Waals surface area contributed by atoms with E-state index in [9.17, 15) is 10.2 Å². The van der Waals surface area contributed by atoms with E-state index in [-0.39, 0.29) is 22.8 Å². The largest absolute Gasteiger partial charge is 0.493 e. The monoisotopic (exact) mass is 262 g/mol. The Labute approximate surface area is 106 Å². The molecule has 0 radical (unpaired) electrons. The maximum atomic E-state index is 10.0. The Morgan fingerprint density at radius 2 is 1.56 bits per heavy atom. The molecule has 0 unspecified atom stereocenters. The van der Waals surface area contributed by atoms with Crippen molar-refractivity contribution in [2.45, 2.75) is 0 Å². The first-order chi connectivity index (χ1) is 8.68. The average Bonchev–Trinajstić information content (AvgIpc) is 2.64. The van der Waals surface area contributed by atoms with E-state index in [1.54, 1.807) is 12.1 Å². The number of hydrogen-bond donors (Lipinski definition) is 2. The van der Waals surface area contributed by atoms with Gasteiger partial charge < -0.3 is 10.2 Å². The molecule has 3 aromatic heterocycles. The van der Waals surface area contributed by atoms with Crippen molar-refractivity contribution in [3.05, 3.63) is 35.7 Å². The van der Waals surface area contributed by atoms with Crippen LogP contribution in [0.2, 0.25) is 5.02 Å². The minimum absolute atomic E-state index is 0.215. The molecule has 3 heterocycles. The van der Waals surface area contributed by atoms with Gasteiger partial charge in [0.05, 0.1) is 5.02 Å². The van der Waals surface area contributed by atoms with Crippen molar-refractivity contribution >= 4 is 22.6 Å². The van der Waals surface area contributed by atoms with Gasteiger partial charge >= 0.3 is 0 Å². The third-order valence-electron chi connectivity index (χ3n) is 2.49. The molecule has 0 amide bonds. The highest BCUT2D eigenvalue weighted by Crippen LogP contribution is 2.35. The predicted octanol–water partition coefficient (Wildman–Crippen LogP) is 1.88. The lowest BCUT2D eigenvalue weighted by Gasteiger charge is -2.04. The average molecular weight is 263 g/mol. The van der Waals surface area contributed by atoms with Crippen LogP contribution in [0.25, 0.3) is 16.9 Å². The smallest absolute Gasteiger partial charge is 0.228 e. The first kappa shape index (κ1) is 10.8. The lowest BCUT2D eigenvalue weighted by atomic mass is 10.4. The van der Waals surface area contributed by atoms with Crippen molar-refractivity contribution in [1.29, 1.82) is 0 Å². The highest BCUT2D eigenvalue weighted by atomic mass is 35.5. The number of halogens is 1. The minimum atomic E-state index is -0.217. The van der Waals surface area contributed by atoms with E-state index in [4.69, 9.17) is 11.6 Å². The minimum Gasteiger partial charge on any atom is -0.493 e. The van der Waals surface area contributed by atoms with Crippen LogP contribution in [0.15, 0.2) is 30.7 Å². The fourth-order valence-corrected chi connectivity index (χ4v) is 1.81. The summed E-state index contributed by atoms with van der Waals surface area (Å²) in [7, 11) is 0. The molecule has 0 fully saturated rings. The van der Waals surface area contributed by atoms with E-state index in [1.807, 2.05) is 0 Å². The Morgan fingerprint density at radius 1 is 0.944 bits per heavy atom. The van der Waals surface area contributed by atoms with Gasteiger partial charge in [-0.15, -0.1) is 0 Å². The molecule has 7 heteroatoms. The Hall–Kier alpha value is -2.34. The van der Waals surface area contributed by atoms with Gasteiger partial charge in [-0.2, -0.15) is 0 Å². The van der Waals surface area contributed by atoms with Crippen LogP contribution in [-0.4, -0.2) is 29.7 Å². The Morgan fingerprint density at radius 3 is 2.06 bits per heavy atom. The summed E-state index contributed by atoms with van der Waals surface area (Å²) in [6, 6.07) is 3.18. The van der Waals surface area contributed by atoms with Crippen LogP contribution in [0.3, 0.4) is 0 Å². The molecule has 0 aromatic carbocycles. The number of hydrogen-bond acceptors (Lipinski definition) is 5. The molecule has 0 saturated heterocycles. The van der Waals surface area contributed by atoms with Gasteiger partial charge in [0.2, 0.25) is 11.8 Å². The van der Waals surface area contributed by atoms with Gasteiger partial charge in [-0.25, -0.2) is 19.5 Å². The molecular weight excluding hydrogens is 256 g/mol. The molecule has 0 aliphatic rings. The molecule has 2 N–H and O–H groups in total. The maximum absolute atomic E-state index is 10.0. The van der Waals surface area contributed by atoms with Crippen molar-refractivity contribution in [2.24, 2.45) is 0 Å². The maximum Gasteiger partial charge on any atom is 0.228 e. The zero-order valence-corrected chi connectivity index (χ0v) is 9.70. The molecule has 0 aliphatic heterocycles. The van der Waals surface area contributed by atoms with Gasteiger partial charge in [-0.05, 0) is 12.1 Å². The first-order valence-electron chi connectivity index (χ1n) is 5.04. The number of nitrogens with zero attached hydrogens (tertiary/aromatic N) is 4. The summed E-state index contributed by atoms with van der Waals surface area (Å²) in [6.45, 7) is 0. The van der Waals surface area contributed by atoms with Crippen molar-refractivity contribution < 1.29 is 10.2 Å². The lowest BCUT2D eigenvalue weighted by Crippen LogP contribution is -1.95. The highest BCUT2D eigenvalue weighted by molar-refractivity contribution is 6.30. The van der Waals surface area contributed by atoms with Crippen LogP contribution in [0, 0.1) is 0 Å². The van der Waals surface area contributed by atoms with Gasteiger partial charge in [0.25, 0.3) is 0 Å². The molecular formula is C11H7ClN4O2. The summed E-state index contributed by atoms with van der Waals surface area (Å²) < 4.78 is 1.15. The van der Waals surface area contributed by atoms with Crippen LogP contribution in [0.5, 0.6) is 11.8 Å². The third-order valence-corrected chi connectivity index (χ3v) is 2.71. The number of pyridine rings is 1. The predicted molar refractivity (Wildman–Crippen MR) is 65.0 cm³/mol. The zero-order chi connectivity index (χ0) is 12.7. The third kappa shape index (κ3) is 1.46. The molecule has 18 heavy (non-hydrogen) atoms. The van der Waals surface area contributed by atoms with Gasteiger partial charge in [0.1, 0.15) is 5.82 Å². The summed E-state index contributed by atoms with van der Waals surface area (Å²) in [5.41, 5.74) is 0.429. The molecule has 0 aliphatic carbocycles. The van der Waals surface area contributed by atoms with Crippen LogP contribution >= 0.6 is 11.6 Å². The van der Waals surface area contributed by atoms with Crippen molar-refractivity contribution in [3.8, 4) is 17.6 Å². The van der Waals surface area contributed by atoms with E-state index >= 15 is 0 Å². The van der Waals surface area contributed by atoms with E-state index in [0.29, 0.717) is 10.8 Å². The summed E-state index contributed by atoms with van der Waals surface area (Å²) in [5, 5.41) is 20.5. The topological polar surface area (TPSA) is 84.1 Å². The second-order valence-electron chi connectivity index (χ2n) is 3.57. The number of aromatic hydroxyl groups is 2. The number of aromatic nitrogens is 4. The zero-order valence-electron chi connectivity index (χ0n) is 8.95. The van der Waals surface area contributed by atoms with Crippen LogP contribution in [0.1, 0.15) is 0 Å². The van der Waals surface area contributed by atoms with Gasteiger partial charge in [-0.1, -0.05) is 11.6 Å². The second-order valence-corrected chi connectivity index (χ2v) is 4.01. The standard InChI is InChI=1S/C11H7ClN4O2/c12-6-1-2-7(15-5-6)16-10(17)8-9(11(16)18)14-4-3-13-8/h1-5,17-18H. The molecule has 90 valence electrons. The normalized spacial score (nSPS) is 10.9. The quantitative estimate of drug-likeness (QED) is 0.699. The summed E-state index contributed by atoms with van der Waals surface area (Å²) in [4.78, 5) is 11.9. The summed E-state index contributed by atoms with van der Waals surface area (Å²) in [5.74, 6) is -0.106. The van der Waals surface area contributed by atoms with E-state index in [2.05, 4.69) is 15.0 Å². The lowest BCUT2D eigenvalue weighted by molar-refractivity contribution is 0.404. The van der Waals surface area contributed by atoms with E-state index in [1.165, 1.54) is 18.6 Å². The summed E-state index contributed by atoms with van der Waals surface area (Å²) in [6.07, 6.45) is 4.28. The molecule has 0 saturated carbocycles. The van der Waals surface area contributed by atoms with E-state index in [0.717, 1.165) is 4.57 Å². The van der Waals surface area contributed by atoms with Gasteiger partial charge in [0.15, 0.2) is 11.0 Å². The second kappa shape index (κ2) is 3.85. The van der Waals surface area contributed by atoms with Crippen molar-refractivity contribution in [3.63, 3.8) is 0 Å². The molecule has 6 nitrogen and oxygen atoms in total. The SMILES string of the molecule is Oc1c2nccnc2c(O)n1-c1ccc(Cl)cn1. The number of fused-ring (bicyclic) bond motifs is 1. The fourth-order valence-electron chi connectivity index (χ4n) is 1.69. The highest BCUT2D eigenvalue weighted by Gasteiger charge is 2.19. The Bertz CT molecular complexity index is 685. The van der Waals surface area contributed by atoms with Crippen LogP contribution < -0.4 is 0 Å². The molecule has 0 bridgehead atoms. The molecule has 3 aromatic rings. The number of rotatable bonds is 1. The van der Waals surface area contributed by atoms with Crippen LogP contribution in [0.4, 0.5) is 0 Å². The summed E-state index contributed by atoms with van der Waals surface area (Å²) >= 11 is 5.74. The van der Waals surface area contributed by atoms with Crippen molar-refractivity contribution in [1.82, 2.24) is 19.5 Å². The van der Waals surface area contributed by atoms with Crippen LogP contribution in [-0.2, 0) is 0 Å². The van der Waals surface area contributed by atoms with Crippen molar-refractivity contribution in [2.75, 3.05) is 0 Å². The fraction of sp³-hybridized carbons (Fsp3) is 0. The Kier molecular flexibility index (Phi) is 2.31. The molecule has 3 rings (SSSR count). The first-order valence-corrected chi connectivity index (χ1v) is 5.41.